The van der Waals surface area contributed by atoms with Crippen LogP contribution in [0.25, 0.3) is 10.2 Å². The van der Waals surface area contributed by atoms with Crippen LogP contribution in [0.3, 0.4) is 0 Å². The Bertz CT molecular complexity index is 1050. The summed E-state index contributed by atoms with van der Waals surface area (Å²) in [6, 6.07) is 8.16. The summed E-state index contributed by atoms with van der Waals surface area (Å²) in [5.41, 5.74) is 0.456. The van der Waals surface area contributed by atoms with E-state index >= 15 is 0 Å². The van der Waals surface area contributed by atoms with E-state index in [-0.39, 0.29) is 16.9 Å². The normalized spacial score (nSPS) is 11.7. The first-order chi connectivity index (χ1) is 11.5. The van der Waals surface area contributed by atoms with Crippen LogP contribution in [0.5, 0.6) is 0 Å². The third kappa shape index (κ3) is 3.09. The predicted molar refractivity (Wildman–Crippen MR) is 89.9 cm³/mol. The van der Waals surface area contributed by atoms with Crippen LogP contribution >= 0.6 is 22.9 Å². The highest BCUT2D eigenvalue weighted by atomic mass is 35.5. The van der Waals surface area contributed by atoms with E-state index in [0.717, 1.165) is 17.4 Å². The third-order valence-corrected chi connectivity index (χ3v) is 4.51. The van der Waals surface area contributed by atoms with Gasteiger partial charge in [-0.1, -0.05) is 28.9 Å². The van der Waals surface area contributed by atoms with E-state index in [1.165, 1.54) is 22.8 Å². The second-order valence-corrected chi connectivity index (χ2v) is 6.28. The number of halogens is 3. The van der Waals surface area contributed by atoms with Crippen LogP contribution in [0.1, 0.15) is 10.4 Å². The van der Waals surface area contributed by atoms with Crippen molar-refractivity contribution in [1.82, 2.24) is 4.57 Å². The summed E-state index contributed by atoms with van der Waals surface area (Å²) in [5, 5.41) is 0.494. The highest BCUT2D eigenvalue weighted by Crippen LogP contribution is 2.22. The lowest BCUT2D eigenvalue weighted by Gasteiger charge is -2.01. The van der Waals surface area contributed by atoms with Crippen molar-refractivity contribution in [2.75, 3.05) is 0 Å². The van der Waals surface area contributed by atoms with Gasteiger partial charge in [0.05, 0.1) is 16.8 Å². The minimum Gasteiger partial charge on any atom is -0.302 e. The number of aromatic nitrogens is 1. The maximum absolute atomic E-state index is 14.1. The second-order valence-electron chi connectivity index (χ2n) is 4.83. The Kier molecular flexibility index (Phi) is 4.47. The molecular formula is C17H9ClF2N2OS. The number of thiazole rings is 1. The molecule has 3 aromatic rings. The quantitative estimate of drug-likeness (QED) is 0.634. The SMILES string of the molecule is C#CCn1c(=NC(=O)c2ccc(Cl)cc2)sc2cc(F)cc(F)c21. The Morgan fingerprint density at radius 3 is 2.67 bits per heavy atom. The number of carbonyl (C=O) groups excluding carboxylic acids is 1. The van der Waals surface area contributed by atoms with E-state index in [4.69, 9.17) is 18.0 Å². The first-order valence-corrected chi connectivity index (χ1v) is 7.95. The molecule has 0 aliphatic heterocycles. The Morgan fingerprint density at radius 2 is 2.00 bits per heavy atom. The Morgan fingerprint density at radius 1 is 1.29 bits per heavy atom. The first kappa shape index (κ1) is 16.4. The largest absolute Gasteiger partial charge is 0.302 e. The predicted octanol–water partition coefficient (Wildman–Crippen LogP) is 4.01. The Hall–Kier alpha value is -2.49. The zero-order valence-electron chi connectivity index (χ0n) is 12.1. The standard InChI is InChI=1S/C17H9ClF2N2OS/c1-2-7-22-15-13(20)8-12(19)9-14(15)24-17(22)21-16(23)10-3-5-11(18)6-4-10/h1,3-6,8-9H,7H2. The molecule has 0 aliphatic rings. The van der Waals surface area contributed by atoms with Crippen molar-refractivity contribution >= 4 is 39.1 Å². The molecule has 0 spiro atoms. The molecule has 0 unspecified atom stereocenters. The van der Waals surface area contributed by atoms with Gasteiger partial charge in [0.25, 0.3) is 5.91 Å². The van der Waals surface area contributed by atoms with Crippen molar-refractivity contribution < 1.29 is 13.6 Å². The molecule has 0 bridgehead atoms. The van der Waals surface area contributed by atoms with Gasteiger partial charge in [-0.2, -0.15) is 4.99 Å². The van der Waals surface area contributed by atoms with Gasteiger partial charge in [0.15, 0.2) is 10.6 Å². The minimum atomic E-state index is -0.753. The first-order valence-electron chi connectivity index (χ1n) is 6.76. The average Bonchev–Trinajstić information content (AvgIpc) is 2.85. The Labute approximate surface area is 144 Å². The zero-order chi connectivity index (χ0) is 17.3. The molecule has 2 aromatic carbocycles. The van der Waals surface area contributed by atoms with Gasteiger partial charge in [0.2, 0.25) is 0 Å². The molecule has 0 N–H and O–H groups in total. The number of fused-ring (bicyclic) bond motifs is 1. The molecule has 0 radical (unpaired) electrons. The number of nitrogens with zero attached hydrogens (tertiary/aromatic N) is 2. The van der Waals surface area contributed by atoms with Gasteiger partial charge in [-0.25, -0.2) is 8.78 Å². The lowest BCUT2D eigenvalue weighted by molar-refractivity contribution is 0.0998. The molecule has 1 amide bonds. The molecule has 0 saturated heterocycles. The van der Waals surface area contributed by atoms with Crippen LogP contribution in [-0.2, 0) is 6.54 Å². The van der Waals surface area contributed by atoms with Gasteiger partial charge in [0, 0.05) is 16.7 Å². The van der Waals surface area contributed by atoms with Gasteiger partial charge < -0.3 is 4.57 Å². The summed E-state index contributed by atoms with van der Waals surface area (Å²) in [5.74, 6) is 0.405. The third-order valence-electron chi connectivity index (χ3n) is 3.23. The van der Waals surface area contributed by atoms with E-state index in [2.05, 4.69) is 10.9 Å². The van der Waals surface area contributed by atoms with Crippen LogP contribution in [0.15, 0.2) is 41.4 Å². The number of hydrogen-bond acceptors (Lipinski definition) is 2. The number of rotatable bonds is 2. The summed E-state index contributed by atoms with van der Waals surface area (Å²) in [6.07, 6.45) is 5.31. The molecule has 0 atom stereocenters. The summed E-state index contributed by atoms with van der Waals surface area (Å²) < 4.78 is 29.2. The fraction of sp³-hybridized carbons (Fsp3) is 0.0588. The van der Waals surface area contributed by atoms with Gasteiger partial charge in [-0.3, -0.25) is 4.79 Å². The van der Waals surface area contributed by atoms with Crippen LogP contribution in [-0.4, -0.2) is 10.5 Å². The van der Waals surface area contributed by atoms with E-state index < -0.39 is 17.5 Å². The molecule has 0 aliphatic carbocycles. The number of benzene rings is 2. The fourth-order valence-corrected chi connectivity index (χ4v) is 3.39. The zero-order valence-corrected chi connectivity index (χ0v) is 13.7. The van der Waals surface area contributed by atoms with Gasteiger partial charge in [0.1, 0.15) is 5.82 Å². The van der Waals surface area contributed by atoms with Crippen molar-refractivity contribution in [2.24, 2.45) is 4.99 Å². The highest BCUT2D eigenvalue weighted by molar-refractivity contribution is 7.16. The molecule has 120 valence electrons. The Balaban J connectivity index is 2.19. The van der Waals surface area contributed by atoms with Crippen molar-refractivity contribution in [2.45, 2.75) is 6.54 Å². The van der Waals surface area contributed by atoms with Gasteiger partial charge in [-0.15, -0.1) is 6.42 Å². The van der Waals surface area contributed by atoms with Crippen LogP contribution in [0.2, 0.25) is 5.02 Å². The number of terminal acetylenes is 1. The van der Waals surface area contributed by atoms with Crippen molar-refractivity contribution in [3.05, 3.63) is 63.4 Å². The van der Waals surface area contributed by atoms with Gasteiger partial charge in [-0.05, 0) is 30.3 Å². The van der Waals surface area contributed by atoms with Crippen LogP contribution in [0.4, 0.5) is 8.78 Å². The summed E-state index contributed by atoms with van der Waals surface area (Å²) in [4.78, 5) is 16.5. The lowest BCUT2D eigenvalue weighted by Crippen LogP contribution is -2.17. The molecule has 0 saturated carbocycles. The number of carbonyl (C=O) groups is 1. The maximum atomic E-state index is 14.1. The number of amides is 1. The van der Waals surface area contributed by atoms with Crippen molar-refractivity contribution in [1.29, 1.82) is 0 Å². The smallest absolute Gasteiger partial charge is 0.279 e. The van der Waals surface area contributed by atoms with E-state index in [0.29, 0.717) is 15.3 Å². The highest BCUT2D eigenvalue weighted by Gasteiger charge is 2.13. The van der Waals surface area contributed by atoms with E-state index in [9.17, 15) is 13.6 Å². The maximum Gasteiger partial charge on any atom is 0.279 e. The minimum absolute atomic E-state index is 0.00921. The summed E-state index contributed by atoms with van der Waals surface area (Å²) in [6.45, 7) is 0.00921. The molecule has 3 rings (SSSR count). The number of hydrogen-bond donors (Lipinski definition) is 0. The lowest BCUT2D eigenvalue weighted by atomic mass is 10.2. The molecule has 24 heavy (non-hydrogen) atoms. The van der Waals surface area contributed by atoms with E-state index in [1.807, 2.05) is 0 Å². The van der Waals surface area contributed by atoms with Crippen LogP contribution < -0.4 is 4.80 Å². The average molecular weight is 363 g/mol. The van der Waals surface area contributed by atoms with Crippen molar-refractivity contribution in [3.8, 4) is 12.3 Å². The molecule has 1 heterocycles. The summed E-state index contributed by atoms with van der Waals surface area (Å²) in [7, 11) is 0. The monoisotopic (exact) mass is 362 g/mol. The molecular weight excluding hydrogens is 354 g/mol. The van der Waals surface area contributed by atoms with Gasteiger partial charge >= 0.3 is 0 Å². The molecule has 0 fully saturated rings. The topological polar surface area (TPSA) is 34.4 Å². The fourth-order valence-electron chi connectivity index (χ4n) is 2.20. The van der Waals surface area contributed by atoms with E-state index in [1.54, 1.807) is 12.1 Å². The molecule has 1 aromatic heterocycles. The van der Waals surface area contributed by atoms with Crippen LogP contribution in [0, 0.1) is 24.0 Å². The molecule has 7 heteroatoms. The van der Waals surface area contributed by atoms with Crippen molar-refractivity contribution in [3.63, 3.8) is 0 Å². The molecule has 3 nitrogen and oxygen atoms in total. The summed E-state index contributed by atoms with van der Waals surface area (Å²) >= 11 is 6.78. The second kappa shape index (κ2) is 6.56.